The predicted molar refractivity (Wildman–Crippen MR) is 79.4 cm³/mol. The van der Waals surface area contributed by atoms with Crippen molar-refractivity contribution in [3.8, 4) is 5.75 Å². The Kier molecular flexibility index (Phi) is 4.86. The van der Waals surface area contributed by atoms with Crippen LogP contribution in [-0.2, 0) is 4.74 Å². The maximum absolute atomic E-state index is 12.4. The normalized spacial score (nSPS) is 18.9. The summed E-state index contributed by atoms with van der Waals surface area (Å²) in [6.45, 7) is 3.96. The summed E-state index contributed by atoms with van der Waals surface area (Å²) in [5.74, 6) is 0.0637. The van der Waals surface area contributed by atoms with Crippen LogP contribution in [-0.4, -0.2) is 41.7 Å². The number of carbonyl (C=O) groups excluding carboxylic acids is 1. The van der Waals surface area contributed by atoms with Gasteiger partial charge in [-0.05, 0) is 57.3 Å². The van der Waals surface area contributed by atoms with Crippen LogP contribution in [0.1, 0.15) is 23.7 Å². The first-order valence-corrected chi connectivity index (χ1v) is 7.70. The molecule has 1 aromatic carbocycles. The van der Waals surface area contributed by atoms with Crippen LogP contribution in [0.5, 0.6) is 5.75 Å². The lowest BCUT2D eigenvalue weighted by Crippen LogP contribution is -2.30. The summed E-state index contributed by atoms with van der Waals surface area (Å²) >= 11 is 6.47. The predicted octanol–water partition coefficient (Wildman–Crippen LogP) is 3.17. The molecule has 1 aliphatic heterocycles. The number of phenols is 1. The molecule has 19 heavy (non-hydrogen) atoms. The van der Waals surface area contributed by atoms with Crippen molar-refractivity contribution in [3.05, 3.63) is 26.6 Å². The van der Waals surface area contributed by atoms with Gasteiger partial charge in [0.25, 0.3) is 5.91 Å². The highest BCUT2D eigenvalue weighted by Gasteiger charge is 2.27. The second kappa shape index (κ2) is 6.24. The van der Waals surface area contributed by atoms with Crippen LogP contribution in [0.15, 0.2) is 21.1 Å². The second-order valence-corrected chi connectivity index (χ2v) is 6.11. The van der Waals surface area contributed by atoms with Crippen LogP contribution < -0.4 is 0 Å². The van der Waals surface area contributed by atoms with E-state index in [9.17, 15) is 9.90 Å². The van der Waals surface area contributed by atoms with Gasteiger partial charge in [0.05, 0.1) is 15.0 Å². The number of benzene rings is 1. The number of ether oxygens (including phenoxy) is 1. The molecule has 1 amide bonds. The summed E-state index contributed by atoms with van der Waals surface area (Å²) in [6.07, 6.45) is 1.01. The molecule has 6 heteroatoms. The Labute approximate surface area is 129 Å². The third-order valence-electron chi connectivity index (χ3n) is 3.10. The molecule has 1 fully saturated rings. The van der Waals surface area contributed by atoms with Gasteiger partial charge in [0, 0.05) is 25.3 Å². The summed E-state index contributed by atoms with van der Waals surface area (Å²) in [5.41, 5.74) is 0.550. The summed E-state index contributed by atoms with van der Waals surface area (Å²) < 4.78 is 6.54. The Hall–Kier alpha value is -0.590. The van der Waals surface area contributed by atoms with Crippen molar-refractivity contribution in [2.45, 2.75) is 19.4 Å². The van der Waals surface area contributed by atoms with Crippen LogP contribution in [0, 0.1) is 0 Å². The van der Waals surface area contributed by atoms with Gasteiger partial charge in [-0.3, -0.25) is 4.79 Å². The molecule has 0 aliphatic carbocycles. The molecule has 1 saturated heterocycles. The Morgan fingerprint density at radius 2 is 2.11 bits per heavy atom. The maximum Gasteiger partial charge on any atom is 0.254 e. The minimum atomic E-state index is -0.0383. The molecule has 0 unspecified atom stereocenters. The van der Waals surface area contributed by atoms with Gasteiger partial charge in [0.1, 0.15) is 5.75 Å². The number of hydrogen-bond acceptors (Lipinski definition) is 3. The van der Waals surface area contributed by atoms with E-state index in [1.54, 1.807) is 17.0 Å². The summed E-state index contributed by atoms with van der Waals surface area (Å²) in [6, 6.07) is 3.27. The van der Waals surface area contributed by atoms with Crippen molar-refractivity contribution >= 4 is 37.8 Å². The number of rotatable bonds is 3. The first-order valence-electron chi connectivity index (χ1n) is 6.11. The quantitative estimate of drug-likeness (QED) is 0.859. The molecule has 1 aromatic rings. The van der Waals surface area contributed by atoms with E-state index in [0.29, 0.717) is 34.2 Å². The molecule has 1 N–H and O–H groups in total. The van der Waals surface area contributed by atoms with Crippen LogP contribution in [0.3, 0.4) is 0 Å². The molecular weight excluding hydrogens is 378 g/mol. The number of phenolic OH excluding ortho intramolecular Hbond substituents is 1. The smallest absolute Gasteiger partial charge is 0.254 e. The number of carbonyl (C=O) groups is 1. The zero-order valence-corrected chi connectivity index (χ0v) is 13.7. The summed E-state index contributed by atoms with van der Waals surface area (Å²) in [7, 11) is 0. The number of nitrogens with zero attached hydrogens (tertiary/aromatic N) is 1. The topological polar surface area (TPSA) is 49.8 Å². The molecule has 0 spiro atoms. The molecular formula is C13H15Br2NO3. The van der Waals surface area contributed by atoms with E-state index >= 15 is 0 Å². The van der Waals surface area contributed by atoms with Crippen LogP contribution >= 0.6 is 31.9 Å². The zero-order chi connectivity index (χ0) is 14.0. The highest BCUT2D eigenvalue weighted by Crippen LogP contribution is 2.34. The van der Waals surface area contributed by atoms with Gasteiger partial charge in [0.15, 0.2) is 0 Å². The Balaban J connectivity index is 2.13. The Bertz CT molecular complexity index is 470. The fourth-order valence-electron chi connectivity index (χ4n) is 2.16. The van der Waals surface area contributed by atoms with Crippen molar-refractivity contribution in [2.75, 3.05) is 19.7 Å². The summed E-state index contributed by atoms with van der Waals surface area (Å²) in [4.78, 5) is 14.1. The first kappa shape index (κ1) is 14.8. The fraction of sp³-hybridized carbons (Fsp3) is 0.462. The van der Waals surface area contributed by atoms with Gasteiger partial charge in [-0.15, -0.1) is 0 Å². The number of hydrogen-bond donors (Lipinski definition) is 1. The molecule has 0 aromatic heterocycles. The number of likely N-dealkylation sites (tertiary alicyclic amines) is 1. The van der Waals surface area contributed by atoms with Crippen LogP contribution in [0.2, 0.25) is 0 Å². The minimum absolute atomic E-state index is 0.0383. The van der Waals surface area contributed by atoms with E-state index in [1.165, 1.54) is 0 Å². The average molecular weight is 393 g/mol. The van der Waals surface area contributed by atoms with E-state index in [-0.39, 0.29) is 17.8 Å². The maximum atomic E-state index is 12.4. The van der Waals surface area contributed by atoms with Crippen molar-refractivity contribution in [1.29, 1.82) is 0 Å². The van der Waals surface area contributed by atoms with Gasteiger partial charge in [0.2, 0.25) is 0 Å². The Morgan fingerprint density at radius 1 is 1.47 bits per heavy atom. The van der Waals surface area contributed by atoms with Gasteiger partial charge >= 0.3 is 0 Å². The zero-order valence-electron chi connectivity index (χ0n) is 10.5. The molecule has 0 saturated carbocycles. The molecule has 2 rings (SSSR count). The van der Waals surface area contributed by atoms with Gasteiger partial charge in [-0.25, -0.2) is 0 Å². The number of amides is 1. The molecule has 1 atom stereocenters. The van der Waals surface area contributed by atoms with Crippen LogP contribution in [0.4, 0.5) is 0 Å². The van der Waals surface area contributed by atoms with Gasteiger partial charge < -0.3 is 14.7 Å². The molecule has 1 heterocycles. The van der Waals surface area contributed by atoms with Gasteiger partial charge in [-0.1, -0.05) is 0 Å². The van der Waals surface area contributed by atoms with Crippen LogP contribution in [0.25, 0.3) is 0 Å². The standard InChI is InChI=1S/C13H15Br2NO3/c1-2-19-9-3-4-16(7-9)13(18)8-5-10(14)12(17)11(15)6-8/h5-6,9,17H,2-4,7H2,1H3/t9-/m0/s1. The lowest BCUT2D eigenvalue weighted by molar-refractivity contribution is 0.0598. The average Bonchev–Trinajstić information content (AvgIpc) is 2.83. The van der Waals surface area contributed by atoms with Crippen molar-refractivity contribution in [3.63, 3.8) is 0 Å². The highest BCUT2D eigenvalue weighted by molar-refractivity contribution is 9.11. The third kappa shape index (κ3) is 3.30. The number of halogens is 2. The molecule has 104 valence electrons. The molecule has 1 aliphatic rings. The second-order valence-electron chi connectivity index (χ2n) is 4.41. The monoisotopic (exact) mass is 391 g/mol. The van der Waals surface area contributed by atoms with Crippen molar-refractivity contribution in [1.82, 2.24) is 4.90 Å². The SMILES string of the molecule is CCO[C@H]1CCN(C(=O)c2cc(Br)c(O)c(Br)c2)C1. The Morgan fingerprint density at radius 3 is 2.68 bits per heavy atom. The lowest BCUT2D eigenvalue weighted by Gasteiger charge is -2.17. The van der Waals surface area contributed by atoms with Gasteiger partial charge in [-0.2, -0.15) is 0 Å². The van der Waals surface area contributed by atoms with E-state index in [4.69, 9.17) is 4.74 Å². The van der Waals surface area contributed by atoms with Crippen molar-refractivity contribution < 1.29 is 14.6 Å². The highest BCUT2D eigenvalue weighted by atomic mass is 79.9. The first-order chi connectivity index (χ1) is 9.02. The third-order valence-corrected chi connectivity index (χ3v) is 4.31. The fourth-order valence-corrected chi connectivity index (χ4v) is 3.34. The molecule has 0 radical (unpaired) electrons. The van der Waals surface area contributed by atoms with E-state index in [1.807, 2.05) is 6.92 Å². The lowest BCUT2D eigenvalue weighted by atomic mass is 10.2. The largest absolute Gasteiger partial charge is 0.506 e. The summed E-state index contributed by atoms with van der Waals surface area (Å²) in [5, 5.41) is 9.65. The van der Waals surface area contributed by atoms with E-state index in [0.717, 1.165) is 6.42 Å². The number of aromatic hydroxyl groups is 1. The minimum Gasteiger partial charge on any atom is -0.506 e. The molecule has 0 bridgehead atoms. The van der Waals surface area contributed by atoms with E-state index in [2.05, 4.69) is 31.9 Å². The van der Waals surface area contributed by atoms with E-state index < -0.39 is 0 Å². The molecule has 4 nitrogen and oxygen atoms in total. The van der Waals surface area contributed by atoms with Crippen molar-refractivity contribution in [2.24, 2.45) is 0 Å².